The molecule has 1 aliphatic carbocycles. The molecule has 2 atom stereocenters. The van der Waals surface area contributed by atoms with Gasteiger partial charge in [-0.05, 0) is 48.6 Å². The Balaban J connectivity index is 1.56. The van der Waals surface area contributed by atoms with Crippen LogP contribution >= 0.6 is 11.8 Å². The first-order valence-corrected chi connectivity index (χ1v) is 9.42. The summed E-state index contributed by atoms with van der Waals surface area (Å²) in [5.74, 6) is 0.243. The number of hydrogen-bond donors (Lipinski definition) is 5. The van der Waals surface area contributed by atoms with Gasteiger partial charge in [0.2, 0.25) is 0 Å². The van der Waals surface area contributed by atoms with Crippen molar-refractivity contribution >= 4 is 23.4 Å². The predicted molar refractivity (Wildman–Crippen MR) is 106 cm³/mol. The van der Waals surface area contributed by atoms with Crippen molar-refractivity contribution in [2.75, 3.05) is 6.26 Å². The van der Waals surface area contributed by atoms with E-state index in [1.54, 1.807) is 11.8 Å². The van der Waals surface area contributed by atoms with Crippen LogP contribution in [-0.4, -0.2) is 24.4 Å². The van der Waals surface area contributed by atoms with E-state index in [2.05, 4.69) is 46.5 Å². The molecule has 3 rings (SSSR count). The minimum absolute atomic E-state index is 0.0702. The zero-order valence-corrected chi connectivity index (χ0v) is 14.9. The number of benzene rings is 1. The first kappa shape index (κ1) is 17.4. The summed E-state index contributed by atoms with van der Waals surface area (Å²) in [6, 6.07) is 8.50. The molecule has 5 nitrogen and oxygen atoms in total. The van der Waals surface area contributed by atoms with Gasteiger partial charge < -0.3 is 21.7 Å². The minimum atomic E-state index is -0.143. The third kappa shape index (κ3) is 4.78. The van der Waals surface area contributed by atoms with Gasteiger partial charge in [-0.1, -0.05) is 30.4 Å². The molecule has 6 N–H and O–H groups in total. The van der Waals surface area contributed by atoms with E-state index >= 15 is 0 Å². The fourth-order valence-electron chi connectivity index (χ4n) is 2.63. The lowest BCUT2D eigenvalue weighted by Gasteiger charge is -2.25. The van der Waals surface area contributed by atoms with Crippen molar-refractivity contribution in [2.45, 2.75) is 23.5 Å². The Bertz CT molecular complexity index is 746. The molecule has 0 bridgehead atoms. The fourth-order valence-corrected chi connectivity index (χ4v) is 3.03. The molecule has 0 saturated carbocycles. The van der Waals surface area contributed by atoms with E-state index in [1.165, 1.54) is 4.90 Å². The lowest BCUT2D eigenvalue weighted by atomic mass is 10.1. The molecule has 2 aliphatic rings. The van der Waals surface area contributed by atoms with Gasteiger partial charge in [0.05, 0.1) is 0 Å². The first-order valence-electron chi connectivity index (χ1n) is 8.19. The lowest BCUT2D eigenvalue weighted by Crippen LogP contribution is -2.48. The van der Waals surface area contributed by atoms with E-state index in [0.29, 0.717) is 0 Å². The van der Waals surface area contributed by atoms with Gasteiger partial charge in [-0.25, -0.2) is 0 Å². The van der Waals surface area contributed by atoms with Crippen LogP contribution < -0.4 is 21.7 Å². The van der Waals surface area contributed by atoms with Crippen LogP contribution in [-0.2, 0) is 0 Å². The van der Waals surface area contributed by atoms with Gasteiger partial charge in [-0.15, -0.1) is 11.8 Å². The molecule has 0 saturated heterocycles. The van der Waals surface area contributed by atoms with Crippen molar-refractivity contribution in [3.8, 4) is 0 Å². The minimum Gasteiger partial charge on any atom is -0.362 e. The number of rotatable bonds is 4. The van der Waals surface area contributed by atoms with E-state index in [0.717, 1.165) is 23.4 Å². The number of nitrogens with one attached hydrogen (secondary N) is 4. The van der Waals surface area contributed by atoms with E-state index in [1.807, 2.05) is 36.5 Å². The molecule has 0 fully saturated rings. The second-order valence-electron chi connectivity index (χ2n) is 5.88. The number of guanidine groups is 1. The van der Waals surface area contributed by atoms with Crippen LogP contribution in [0, 0.1) is 5.41 Å². The molecule has 2 unspecified atom stereocenters. The predicted octanol–water partition coefficient (Wildman–Crippen LogP) is 2.52. The molecule has 1 aliphatic heterocycles. The Morgan fingerprint density at radius 1 is 1.28 bits per heavy atom. The highest BCUT2D eigenvalue weighted by Crippen LogP contribution is 2.20. The molecular weight excluding hydrogens is 330 g/mol. The second-order valence-corrected chi connectivity index (χ2v) is 6.76. The van der Waals surface area contributed by atoms with Gasteiger partial charge in [0, 0.05) is 22.3 Å². The molecule has 6 heteroatoms. The number of dihydropyridines is 1. The van der Waals surface area contributed by atoms with Crippen molar-refractivity contribution in [2.24, 2.45) is 5.73 Å². The average Bonchev–Trinajstić information content (AvgIpc) is 2.64. The van der Waals surface area contributed by atoms with E-state index in [4.69, 9.17) is 11.1 Å². The molecule has 1 aromatic carbocycles. The van der Waals surface area contributed by atoms with E-state index < -0.39 is 0 Å². The van der Waals surface area contributed by atoms with Gasteiger partial charge in [-0.3, -0.25) is 5.41 Å². The van der Waals surface area contributed by atoms with Crippen LogP contribution in [0.4, 0.5) is 0 Å². The largest absolute Gasteiger partial charge is 0.362 e. The summed E-state index contributed by atoms with van der Waals surface area (Å²) in [7, 11) is 0. The van der Waals surface area contributed by atoms with Crippen molar-refractivity contribution in [1.82, 2.24) is 16.0 Å². The Kier molecular flexibility index (Phi) is 5.63. The quantitative estimate of drug-likeness (QED) is 0.326. The summed E-state index contributed by atoms with van der Waals surface area (Å²) >= 11 is 1.73. The zero-order valence-electron chi connectivity index (χ0n) is 14.1. The molecule has 1 heterocycles. The smallest absolute Gasteiger partial charge is 0.194 e. The van der Waals surface area contributed by atoms with Gasteiger partial charge in [-0.2, -0.15) is 0 Å². The number of nitrogens with two attached hydrogens (primary N) is 1. The maximum atomic E-state index is 8.11. The van der Waals surface area contributed by atoms with Crippen molar-refractivity contribution in [3.63, 3.8) is 0 Å². The first-order chi connectivity index (χ1) is 12.1. The molecule has 0 spiro atoms. The monoisotopic (exact) mass is 353 g/mol. The zero-order chi connectivity index (χ0) is 17.6. The van der Waals surface area contributed by atoms with Crippen LogP contribution in [0.25, 0.3) is 5.70 Å². The third-order valence-electron chi connectivity index (χ3n) is 3.98. The lowest BCUT2D eigenvalue weighted by molar-refractivity contribution is 0.654. The van der Waals surface area contributed by atoms with Crippen LogP contribution in [0.1, 0.15) is 12.0 Å². The van der Waals surface area contributed by atoms with Crippen molar-refractivity contribution < 1.29 is 0 Å². The molecule has 0 aromatic heterocycles. The van der Waals surface area contributed by atoms with Crippen LogP contribution in [0.5, 0.6) is 0 Å². The second kappa shape index (κ2) is 8.09. The Morgan fingerprint density at radius 3 is 2.76 bits per heavy atom. The highest BCUT2D eigenvalue weighted by atomic mass is 32.2. The van der Waals surface area contributed by atoms with Gasteiger partial charge in [0.15, 0.2) is 5.96 Å². The fraction of sp³-hybridized carbons (Fsp3) is 0.211. The summed E-state index contributed by atoms with van der Waals surface area (Å²) in [5, 5.41) is 17.7. The van der Waals surface area contributed by atoms with Gasteiger partial charge >= 0.3 is 0 Å². The summed E-state index contributed by atoms with van der Waals surface area (Å²) in [6.07, 6.45) is 14.6. The third-order valence-corrected chi connectivity index (χ3v) is 4.72. The Morgan fingerprint density at radius 2 is 2.08 bits per heavy atom. The highest BCUT2D eigenvalue weighted by molar-refractivity contribution is 7.98. The molecule has 0 radical (unpaired) electrons. The van der Waals surface area contributed by atoms with Crippen LogP contribution in [0.15, 0.2) is 71.3 Å². The summed E-state index contributed by atoms with van der Waals surface area (Å²) < 4.78 is 0. The molecular formula is C19H23N5S. The number of hydrogen-bond acceptors (Lipinski definition) is 4. The molecule has 0 amide bonds. The van der Waals surface area contributed by atoms with Crippen LogP contribution in [0.3, 0.4) is 0 Å². The SMILES string of the molecule is CSc1ccc(C2=CC=CC(NC(=N)NC3=CCC(N)C=C3)N2)cc1. The van der Waals surface area contributed by atoms with E-state index in [-0.39, 0.29) is 18.2 Å². The molecule has 1 aromatic rings. The van der Waals surface area contributed by atoms with Gasteiger partial charge in [0.1, 0.15) is 6.17 Å². The van der Waals surface area contributed by atoms with Crippen molar-refractivity contribution in [3.05, 3.63) is 72.0 Å². The summed E-state index contributed by atoms with van der Waals surface area (Å²) in [6.45, 7) is 0. The summed E-state index contributed by atoms with van der Waals surface area (Å²) in [4.78, 5) is 1.24. The van der Waals surface area contributed by atoms with Crippen molar-refractivity contribution in [1.29, 1.82) is 5.41 Å². The van der Waals surface area contributed by atoms with Gasteiger partial charge in [0.25, 0.3) is 0 Å². The Hall–Kier alpha value is -2.44. The highest BCUT2D eigenvalue weighted by Gasteiger charge is 2.13. The van der Waals surface area contributed by atoms with Crippen LogP contribution in [0.2, 0.25) is 0 Å². The average molecular weight is 353 g/mol. The summed E-state index contributed by atoms with van der Waals surface area (Å²) in [5.41, 5.74) is 8.86. The standard InChI is InChI=1S/C19H23N5S/c1-25-16-11-5-13(6-12-16)17-3-2-4-18(23-17)24-19(21)22-15-9-7-14(20)8-10-15/h2-7,9-12,14,18,23H,8,20H2,1H3,(H3,21,22,24). The van der Waals surface area contributed by atoms with E-state index in [9.17, 15) is 0 Å². The normalized spacial score (nSPS) is 21.8. The molecule has 25 heavy (non-hydrogen) atoms. The number of thioether (sulfide) groups is 1. The maximum Gasteiger partial charge on any atom is 0.194 e. The maximum absolute atomic E-state index is 8.11. The topological polar surface area (TPSA) is 86.0 Å². The Labute approximate surface area is 152 Å². The molecule has 130 valence electrons. The number of allylic oxidation sites excluding steroid dienone is 3.